The van der Waals surface area contributed by atoms with Crippen LogP contribution in [-0.2, 0) is 16.1 Å². The van der Waals surface area contributed by atoms with Gasteiger partial charge in [0, 0.05) is 25.0 Å². The Labute approximate surface area is 140 Å². The summed E-state index contributed by atoms with van der Waals surface area (Å²) in [4.78, 5) is 26.4. The molecular formula is C15H25N7O2. The van der Waals surface area contributed by atoms with Crippen LogP contribution in [0.3, 0.4) is 0 Å². The van der Waals surface area contributed by atoms with Gasteiger partial charge in [0.15, 0.2) is 0 Å². The fraction of sp³-hybridized carbons (Fsp3) is 0.800. The van der Waals surface area contributed by atoms with E-state index in [-0.39, 0.29) is 42.2 Å². The summed E-state index contributed by atoms with van der Waals surface area (Å²) in [7, 11) is 0. The number of hydrogen-bond acceptors (Lipinski definition) is 6. The highest BCUT2D eigenvalue weighted by Gasteiger charge is 2.34. The van der Waals surface area contributed by atoms with Crippen molar-refractivity contribution >= 4 is 17.8 Å². The van der Waals surface area contributed by atoms with E-state index in [2.05, 4.69) is 27.8 Å². The summed E-state index contributed by atoms with van der Waals surface area (Å²) in [6.07, 6.45) is 4.88. The van der Waals surface area contributed by atoms with Crippen LogP contribution in [0.25, 0.3) is 0 Å². The third-order valence-electron chi connectivity index (χ3n) is 5.26. The van der Waals surface area contributed by atoms with Gasteiger partial charge in [-0.3, -0.25) is 9.59 Å². The molecule has 3 N–H and O–H groups in total. The van der Waals surface area contributed by atoms with Crippen molar-refractivity contribution in [2.24, 2.45) is 11.8 Å². The molecule has 2 fully saturated rings. The molecule has 132 valence electrons. The third-order valence-corrected chi connectivity index (χ3v) is 5.26. The lowest BCUT2D eigenvalue weighted by Gasteiger charge is -2.39. The molecular weight excluding hydrogens is 310 g/mol. The fourth-order valence-electron chi connectivity index (χ4n) is 3.39. The van der Waals surface area contributed by atoms with E-state index in [0.717, 1.165) is 32.1 Å². The summed E-state index contributed by atoms with van der Waals surface area (Å²) < 4.78 is 1.30. The van der Waals surface area contributed by atoms with Gasteiger partial charge in [-0.05, 0) is 42.0 Å². The zero-order valence-electron chi connectivity index (χ0n) is 14.0. The third kappa shape index (κ3) is 3.49. The van der Waals surface area contributed by atoms with Crippen LogP contribution in [0.15, 0.2) is 0 Å². The highest BCUT2D eigenvalue weighted by atomic mass is 16.2. The van der Waals surface area contributed by atoms with Crippen LogP contribution in [-0.4, -0.2) is 56.1 Å². The van der Waals surface area contributed by atoms with Gasteiger partial charge in [0.1, 0.15) is 6.54 Å². The number of nitrogens with two attached hydrogens (primary N) is 1. The van der Waals surface area contributed by atoms with E-state index >= 15 is 0 Å². The lowest BCUT2D eigenvalue weighted by Crippen LogP contribution is -2.54. The maximum absolute atomic E-state index is 12.4. The summed E-state index contributed by atoms with van der Waals surface area (Å²) in [5.41, 5.74) is 5.60. The number of aromatic nitrogens is 4. The van der Waals surface area contributed by atoms with Gasteiger partial charge < -0.3 is 16.0 Å². The Morgan fingerprint density at radius 1 is 1.33 bits per heavy atom. The molecule has 0 aromatic carbocycles. The molecule has 2 atom stereocenters. The second kappa shape index (κ2) is 7.14. The van der Waals surface area contributed by atoms with Crippen LogP contribution in [0.4, 0.5) is 5.95 Å². The number of carbonyl (C=O) groups excluding carboxylic acids is 2. The highest BCUT2D eigenvalue weighted by molar-refractivity contribution is 5.80. The second-order valence-corrected chi connectivity index (χ2v) is 6.73. The quantitative estimate of drug-likeness (QED) is 0.769. The predicted octanol–water partition coefficient (Wildman–Crippen LogP) is -0.201. The topological polar surface area (TPSA) is 119 Å². The Kier molecular flexibility index (Phi) is 4.96. The largest absolute Gasteiger partial charge is 0.367 e. The number of hydrogen-bond donors (Lipinski definition) is 2. The highest BCUT2D eigenvalue weighted by Crippen LogP contribution is 2.28. The number of likely N-dealkylation sites (tertiary alicyclic amines) is 1. The number of tetrazole rings is 1. The second-order valence-electron chi connectivity index (χ2n) is 6.73. The Morgan fingerprint density at radius 3 is 2.71 bits per heavy atom. The zero-order chi connectivity index (χ0) is 17.1. The van der Waals surface area contributed by atoms with Crippen molar-refractivity contribution < 1.29 is 9.59 Å². The van der Waals surface area contributed by atoms with Gasteiger partial charge in [0.25, 0.3) is 0 Å². The number of nitrogens with zero attached hydrogens (tertiary/aromatic N) is 5. The minimum absolute atomic E-state index is 0.0452. The van der Waals surface area contributed by atoms with Gasteiger partial charge in [0.2, 0.25) is 17.8 Å². The molecule has 24 heavy (non-hydrogen) atoms. The first-order valence-corrected chi connectivity index (χ1v) is 8.68. The summed E-state index contributed by atoms with van der Waals surface area (Å²) in [5.74, 6) is 0.753. The van der Waals surface area contributed by atoms with Crippen molar-refractivity contribution in [1.82, 2.24) is 30.4 Å². The number of amides is 2. The minimum atomic E-state index is -0.0452. The molecule has 0 unspecified atom stereocenters. The average molecular weight is 335 g/mol. The molecule has 1 saturated heterocycles. The van der Waals surface area contributed by atoms with Crippen molar-refractivity contribution in [3.05, 3.63) is 0 Å². The van der Waals surface area contributed by atoms with E-state index in [9.17, 15) is 9.59 Å². The van der Waals surface area contributed by atoms with E-state index in [4.69, 9.17) is 5.73 Å². The van der Waals surface area contributed by atoms with Gasteiger partial charge in [-0.1, -0.05) is 18.4 Å². The summed E-state index contributed by atoms with van der Waals surface area (Å²) in [5, 5.41) is 13.9. The van der Waals surface area contributed by atoms with E-state index in [1.165, 1.54) is 4.68 Å². The molecule has 1 aromatic rings. The molecule has 1 aliphatic heterocycles. The molecule has 0 bridgehead atoms. The van der Waals surface area contributed by atoms with Crippen LogP contribution in [0, 0.1) is 11.8 Å². The summed E-state index contributed by atoms with van der Waals surface area (Å²) in [6, 6.07) is 0.158. The predicted molar refractivity (Wildman–Crippen MR) is 86.5 cm³/mol. The van der Waals surface area contributed by atoms with Crippen LogP contribution < -0.4 is 11.1 Å². The summed E-state index contributed by atoms with van der Waals surface area (Å²) in [6.45, 7) is 3.43. The number of rotatable bonds is 5. The Bertz CT molecular complexity index is 598. The van der Waals surface area contributed by atoms with Crippen molar-refractivity contribution in [1.29, 1.82) is 0 Å². The molecule has 9 nitrogen and oxygen atoms in total. The number of nitrogen functional groups attached to an aromatic ring is 1. The number of anilines is 1. The first-order chi connectivity index (χ1) is 11.6. The van der Waals surface area contributed by atoms with Crippen LogP contribution in [0.2, 0.25) is 0 Å². The van der Waals surface area contributed by atoms with Gasteiger partial charge in [-0.15, -0.1) is 0 Å². The molecule has 0 spiro atoms. The smallest absolute Gasteiger partial charge is 0.244 e. The SMILES string of the molecule is CC[C@@H]1CN(C(=O)Cn2nnnc2N)CC[C@@H]1NC(=O)C1CCC1. The van der Waals surface area contributed by atoms with Crippen molar-refractivity contribution in [3.63, 3.8) is 0 Å². The standard InChI is InChI=1S/C15H25N7O2/c1-2-10-8-21(13(23)9-22-15(16)18-19-20-22)7-6-12(10)17-14(24)11-4-3-5-11/h10-12H,2-9H2,1H3,(H,17,24)(H2,16,18,20)/t10-,12+/m1/s1. The Hall–Kier alpha value is -2.19. The van der Waals surface area contributed by atoms with Crippen molar-refractivity contribution in [2.75, 3.05) is 18.8 Å². The Morgan fingerprint density at radius 2 is 2.12 bits per heavy atom. The van der Waals surface area contributed by atoms with E-state index in [0.29, 0.717) is 13.1 Å². The molecule has 0 radical (unpaired) electrons. The molecule has 9 heteroatoms. The normalized spacial score (nSPS) is 24.5. The summed E-state index contributed by atoms with van der Waals surface area (Å²) >= 11 is 0. The van der Waals surface area contributed by atoms with E-state index in [1.54, 1.807) is 0 Å². The van der Waals surface area contributed by atoms with Crippen LogP contribution in [0.1, 0.15) is 39.0 Å². The lowest BCUT2D eigenvalue weighted by atomic mass is 9.83. The van der Waals surface area contributed by atoms with Crippen LogP contribution in [0.5, 0.6) is 0 Å². The molecule has 1 saturated carbocycles. The number of piperidine rings is 1. The molecule has 2 amide bonds. The molecule has 1 aliphatic carbocycles. The van der Waals surface area contributed by atoms with Gasteiger partial charge in [-0.2, -0.15) is 0 Å². The van der Waals surface area contributed by atoms with Gasteiger partial charge in [0.05, 0.1) is 0 Å². The first-order valence-electron chi connectivity index (χ1n) is 8.68. The molecule has 1 aromatic heterocycles. The van der Waals surface area contributed by atoms with Crippen molar-refractivity contribution in [3.8, 4) is 0 Å². The Balaban J connectivity index is 1.54. The molecule has 3 rings (SSSR count). The van der Waals surface area contributed by atoms with E-state index < -0.39 is 0 Å². The average Bonchev–Trinajstić information content (AvgIpc) is 2.91. The van der Waals surface area contributed by atoms with Gasteiger partial charge >= 0.3 is 0 Å². The van der Waals surface area contributed by atoms with E-state index in [1.807, 2.05) is 4.90 Å². The van der Waals surface area contributed by atoms with Crippen molar-refractivity contribution in [2.45, 2.75) is 51.6 Å². The minimum Gasteiger partial charge on any atom is -0.367 e. The zero-order valence-corrected chi connectivity index (χ0v) is 14.0. The lowest BCUT2D eigenvalue weighted by molar-refractivity contribution is -0.135. The molecule has 2 heterocycles. The van der Waals surface area contributed by atoms with Crippen LogP contribution >= 0.6 is 0 Å². The first kappa shape index (κ1) is 16.7. The fourth-order valence-corrected chi connectivity index (χ4v) is 3.39. The number of carbonyl (C=O) groups is 2. The van der Waals surface area contributed by atoms with Gasteiger partial charge in [-0.25, -0.2) is 4.68 Å². The number of nitrogens with one attached hydrogen (secondary N) is 1. The maximum Gasteiger partial charge on any atom is 0.244 e. The maximum atomic E-state index is 12.4. The monoisotopic (exact) mass is 335 g/mol. The molecule has 2 aliphatic rings.